The SMILES string of the molecule is COc1ccc(C(=O)OC(C)(C)CCCC(C)C)cc1. The normalized spacial score (nSPS) is 11.5. The summed E-state index contributed by atoms with van der Waals surface area (Å²) in [5, 5.41) is 0. The van der Waals surface area contributed by atoms with E-state index in [0.717, 1.165) is 25.0 Å². The van der Waals surface area contributed by atoms with Crippen molar-refractivity contribution in [1.29, 1.82) is 0 Å². The van der Waals surface area contributed by atoms with Gasteiger partial charge in [-0.05, 0) is 56.9 Å². The van der Waals surface area contributed by atoms with Gasteiger partial charge in [0.05, 0.1) is 12.7 Å². The molecule has 0 atom stereocenters. The third-order valence-electron chi connectivity index (χ3n) is 3.26. The molecule has 0 saturated carbocycles. The quantitative estimate of drug-likeness (QED) is 0.691. The Balaban J connectivity index is 2.54. The molecular weight excluding hydrogens is 252 g/mol. The minimum absolute atomic E-state index is 0.276. The Morgan fingerprint density at radius 3 is 2.30 bits per heavy atom. The largest absolute Gasteiger partial charge is 0.497 e. The molecular formula is C17H26O3. The van der Waals surface area contributed by atoms with Crippen molar-refractivity contribution in [2.24, 2.45) is 5.92 Å². The first-order chi connectivity index (χ1) is 9.34. The summed E-state index contributed by atoms with van der Waals surface area (Å²) in [6.45, 7) is 8.34. The predicted octanol–water partition coefficient (Wildman–Crippen LogP) is 4.46. The highest BCUT2D eigenvalue weighted by atomic mass is 16.6. The molecule has 3 nitrogen and oxygen atoms in total. The van der Waals surface area contributed by atoms with Crippen LogP contribution in [0.1, 0.15) is 57.3 Å². The topological polar surface area (TPSA) is 35.5 Å². The van der Waals surface area contributed by atoms with Gasteiger partial charge in [0.1, 0.15) is 11.4 Å². The molecule has 1 rings (SSSR count). The molecule has 0 amide bonds. The molecule has 0 aliphatic rings. The molecule has 0 bridgehead atoms. The lowest BCUT2D eigenvalue weighted by Crippen LogP contribution is -2.28. The minimum atomic E-state index is -0.425. The molecule has 0 spiro atoms. The fraction of sp³-hybridized carbons (Fsp3) is 0.588. The zero-order valence-electron chi connectivity index (χ0n) is 13.2. The average molecular weight is 278 g/mol. The van der Waals surface area contributed by atoms with Crippen molar-refractivity contribution in [1.82, 2.24) is 0 Å². The monoisotopic (exact) mass is 278 g/mol. The molecule has 0 aliphatic carbocycles. The number of benzene rings is 1. The first kappa shape index (κ1) is 16.5. The summed E-state index contributed by atoms with van der Waals surface area (Å²) in [5.74, 6) is 1.14. The number of esters is 1. The summed E-state index contributed by atoms with van der Waals surface area (Å²) in [5.41, 5.74) is 0.133. The molecule has 112 valence electrons. The molecule has 3 heteroatoms. The summed E-state index contributed by atoms with van der Waals surface area (Å²) in [6.07, 6.45) is 3.11. The van der Waals surface area contributed by atoms with Gasteiger partial charge in [0, 0.05) is 0 Å². The molecule has 0 saturated heterocycles. The van der Waals surface area contributed by atoms with E-state index < -0.39 is 5.60 Å². The third kappa shape index (κ3) is 5.64. The number of rotatable bonds is 7. The third-order valence-corrected chi connectivity index (χ3v) is 3.26. The second-order valence-corrected chi connectivity index (χ2v) is 6.16. The van der Waals surface area contributed by atoms with Crippen LogP contribution in [0.4, 0.5) is 0 Å². The zero-order chi connectivity index (χ0) is 15.2. The highest BCUT2D eigenvalue weighted by molar-refractivity contribution is 5.89. The van der Waals surface area contributed by atoms with Crippen molar-refractivity contribution in [3.8, 4) is 5.75 Å². The van der Waals surface area contributed by atoms with E-state index in [1.165, 1.54) is 0 Å². The maximum absolute atomic E-state index is 12.1. The lowest BCUT2D eigenvalue weighted by Gasteiger charge is -2.25. The Kier molecular flexibility index (Phi) is 6.05. The smallest absolute Gasteiger partial charge is 0.338 e. The average Bonchev–Trinajstić information content (AvgIpc) is 2.37. The van der Waals surface area contributed by atoms with Gasteiger partial charge in [-0.15, -0.1) is 0 Å². The lowest BCUT2D eigenvalue weighted by molar-refractivity contribution is -0.00572. The van der Waals surface area contributed by atoms with E-state index in [9.17, 15) is 4.79 Å². The van der Waals surface area contributed by atoms with Gasteiger partial charge in [-0.25, -0.2) is 4.79 Å². The lowest BCUT2D eigenvalue weighted by atomic mass is 9.97. The van der Waals surface area contributed by atoms with E-state index >= 15 is 0 Å². The fourth-order valence-corrected chi connectivity index (χ4v) is 2.02. The van der Waals surface area contributed by atoms with Crippen LogP contribution in [0, 0.1) is 5.92 Å². The van der Waals surface area contributed by atoms with Crippen LogP contribution in [0.3, 0.4) is 0 Å². The number of carbonyl (C=O) groups excluding carboxylic acids is 1. The van der Waals surface area contributed by atoms with Crippen LogP contribution in [-0.4, -0.2) is 18.7 Å². The zero-order valence-corrected chi connectivity index (χ0v) is 13.2. The van der Waals surface area contributed by atoms with Gasteiger partial charge >= 0.3 is 5.97 Å². The second kappa shape index (κ2) is 7.32. The minimum Gasteiger partial charge on any atom is -0.497 e. The van der Waals surface area contributed by atoms with E-state index in [1.807, 2.05) is 13.8 Å². The molecule has 0 N–H and O–H groups in total. The summed E-state index contributed by atoms with van der Waals surface area (Å²) in [6, 6.07) is 6.99. The van der Waals surface area contributed by atoms with Gasteiger partial charge in [-0.3, -0.25) is 0 Å². The molecule has 1 aromatic carbocycles. The van der Waals surface area contributed by atoms with Crippen LogP contribution in [0.15, 0.2) is 24.3 Å². The Bertz CT molecular complexity index is 418. The maximum atomic E-state index is 12.1. The molecule has 1 aromatic rings. The van der Waals surface area contributed by atoms with E-state index in [4.69, 9.17) is 9.47 Å². The number of hydrogen-bond donors (Lipinski definition) is 0. The van der Waals surface area contributed by atoms with Crippen molar-refractivity contribution in [2.45, 2.75) is 52.6 Å². The molecule has 20 heavy (non-hydrogen) atoms. The van der Waals surface area contributed by atoms with Gasteiger partial charge in [0.25, 0.3) is 0 Å². The van der Waals surface area contributed by atoms with Crippen LogP contribution in [-0.2, 0) is 4.74 Å². The van der Waals surface area contributed by atoms with E-state index in [1.54, 1.807) is 31.4 Å². The Hall–Kier alpha value is -1.51. The van der Waals surface area contributed by atoms with E-state index in [2.05, 4.69) is 13.8 Å². The van der Waals surface area contributed by atoms with Crippen molar-refractivity contribution in [2.75, 3.05) is 7.11 Å². The summed E-state index contributed by atoms with van der Waals surface area (Å²) in [4.78, 5) is 12.1. The fourth-order valence-electron chi connectivity index (χ4n) is 2.02. The summed E-state index contributed by atoms with van der Waals surface area (Å²) >= 11 is 0. The van der Waals surface area contributed by atoms with Crippen LogP contribution in [0.5, 0.6) is 5.75 Å². The standard InChI is InChI=1S/C17H26O3/c1-13(2)7-6-12-17(3,4)20-16(18)14-8-10-15(19-5)11-9-14/h8-11,13H,6-7,12H2,1-5H3. The first-order valence-corrected chi connectivity index (χ1v) is 7.21. The number of ether oxygens (including phenoxy) is 2. The molecule has 0 radical (unpaired) electrons. The molecule has 0 aliphatic heterocycles. The Labute approximate surface area is 122 Å². The van der Waals surface area contributed by atoms with Gasteiger partial charge < -0.3 is 9.47 Å². The Morgan fingerprint density at radius 1 is 1.20 bits per heavy atom. The number of carbonyl (C=O) groups is 1. The molecule has 0 fully saturated rings. The van der Waals surface area contributed by atoms with Gasteiger partial charge in [0.15, 0.2) is 0 Å². The predicted molar refractivity (Wildman–Crippen MR) is 81.2 cm³/mol. The van der Waals surface area contributed by atoms with Crippen molar-refractivity contribution in [3.05, 3.63) is 29.8 Å². The van der Waals surface area contributed by atoms with Crippen LogP contribution >= 0.6 is 0 Å². The first-order valence-electron chi connectivity index (χ1n) is 7.21. The van der Waals surface area contributed by atoms with E-state index in [0.29, 0.717) is 11.5 Å². The van der Waals surface area contributed by atoms with Crippen molar-refractivity contribution in [3.63, 3.8) is 0 Å². The molecule has 0 aromatic heterocycles. The van der Waals surface area contributed by atoms with Crippen LogP contribution < -0.4 is 4.74 Å². The second-order valence-electron chi connectivity index (χ2n) is 6.16. The number of methoxy groups -OCH3 is 1. The van der Waals surface area contributed by atoms with Gasteiger partial charge in [-0.1, -0.05) is 20.3 Å². The maximum Gasteiger partial charge on any atom is 0.338 e. The van der Waals surface area contributed by atoms with Crippen molar-refractivity contribution < 1.29 is 14.3 Å². The van der Waals surface area contributed by atoms with Crippen LogP contribution in [0.25, 0.3) is 0 Å². The van der Waals surface area contributed by atoms with Crippen molar-refractivity contribution >= 4 is 5.97 Å². The van der Waals surface area contributed by atoms with Gasteiger partial charge in [0.2, 0.25) is 0 Å². The molecule has 0 heterocycles. The van der Waals surface area contributed by atoms with E-state index in [-0.39, 0.29) is 5.97 Å². The highest BCUT2D eigenvalue weighted by Crippen LogP contribution is 2.22. The number of hydrogen-bond acceptors (Lipinski definition) is 3. The van der Waals surface area contributed by atoms with Gasteiger partial charge in [-0.2, -0.15) is 0 Å². The summed E-state index contributed by atoms with van der Waals surface area (Å²) in [7, 11) is 1.60. The highest BCUT2D eigenvalue weighted by Gasteiger charge is 2.23. The summed E-state index contributed by atoms with van der Waals surface area (Å²) < 4.78 is 10.7. The van der Waals surface area contributed by atoms with Crippen LogP contribution in [0.2, 0.25) is 0 Å². The molecule has 0 unspecified atom stereocenters. The Morgan fingerprint density at radius 2 is 1.80 bits per heavy atom.